The molecule has 0 unspecified atom stereocenters. The van der Waals surface area contributed by atoms with E-state index in [9.17, 15) is 5.11 Å². The Morgan fingerprint density at radius 3 is 2.70 bits per heavy atom. The molecule has 2 heterocycles. The minimum atomic E-state index is -0.498. The molecule has 0 spiro atoms. The summed E-state index contributed by atoms with van der Waals surface area (Å²) < 4.78 is 12.0. The van der Waals surface area contributed by atoms with E-state index in [0.717, 1.165) is 19.5 Å². The predicted octanol–water partition coefficient (Wildman–Crippen LogP) is 1.77. The minimum absolute atomic E-state index is 0.0702. The molecule has 2 aliphatic heterocycles. The van der Waals surface area contributed by atoms with Gasteiger partial charge in [0.2, 0.25) is 0 Å². The summed E-state index contributed by atoms with van der Waals surface area (Å²) >= 11 is 0. The normalized spacial score (nSPS) is 32.5. The Balaban J connectivity index is 1.73. The third-order valence-electron chi connectivity index (χ3n) is 4.14. The molecule has 1 aromatic rings. The molecule has 0 aromatic heterocycles. The SMILES string of the molecule is CC1(C)O[C@@H]2[C@@H](CN(Cc3ccccc3)[C@H]2CCO)O1. The summed E-state index contributed by atoms with van der Waals surface area (Å²) in [5.74, 6) is -0.498. The second kappa shape index (κ2) is 5.45. The average molecular weight is 277 g/mol. The van der Waals surface area contributed by atoms with Crippen LogP contribution >= 0.6 is 0 Å². The highest BCUT2D eigenvalue weighted by molar-refractivity contribution is 5.15. The number of benzene rings is 1. The van der Waals surface area contributed by atoms with Gasteiger partial charge in [-0.3, -0.25) is 4.90 Å². The number of aliphatic hydroxyl groups is 1. The van der Waals surface area contributed by atoms with Crippen LogP contribution in [0.4, 0.5) is 0 Å². The van der Waals surface area contributed by atoms with Crippen molar-refractivity contribution in [3.8, 4) is 0 Å². The molecule has 110 valence electrons. The van der Waals surface area contributed by atoms with E-state index in [-0.39, 0.29) is 24.9 Å². The van der Waals surface area contributed by atoms with Crippen molar-refractivity contribution in [2.45, 2.75) is 50.8 Å². The summed E-state index contributed by atoms with van der Waals surface area (Å²) in [5.41, 5.74) is 1.29. The predicted molar refractivity (Wildman–Crippen MR) is 76.2 cm³/mol. The number of hydrogen-bond donors (Lipinski definition) is 1. The fourth-order valence-electron chi connectivity index (χ4n) is 3.38. The number of fused-ring (bicyclic) bond motifs is 1. The quantitative estimate of drug-likeness (QED) is 0.911. The zero-order valence-electron chi connectivity index (χ0n) is 12.2. The van der Waals surface area contributed by atoms with Crippen LogP contribution in [0.3, 0.4) is 0 Å². The molecule has 0 aliphatic carbocycles. The van der Waals surface area contributed by atoms with Gasteiger partial charge in [-0.2, -0.15) is 0 Å². The number of aliphatic hydroxyl groups excluding tert-OH is 1. The summed E-state index contributed by atoms with van der Waals surface area (Å²) in [6.45, 7) is 5.86. The van der Waals surface area contributed by atoms with Crippen molar-refractivity contribution in [2.75, 3.05) is 13.2 Å². The molecule has 0 bridgehead atoms. The van der Waals surface area contributed by atoms with Crippen molar-refractivity contribution in [1.29, 1.82) is 0 Å². The van der Waals surface area contributed by atoms with E-state index in [1.807, 2.05) is 19.9 Å². The second-order valence-electron chi connectivity index (χ2n) is 6.13. The van der Waals surface area contributed by atoms with Gasteiger partial charge in [0.25, 0.3) is 0 Å². The number of hydrogen-bond acceptors (Lipinski definition) is 4. The van der Waals surface area contributed by atoms with Crippen molar-refractivity contribution in [3.63, 3.8) is 0 Å². The molecule has 2 saturated heterocycles. The van der Waals surface area contributed by atoms with Crippen LogP contribution < -0.4 is 0 Å². The monoisotopic (exact) mass is 277 g/mol. The standard InChI is InChI=1S/C16H23NO3/c1-16(2)19-14-11-17(10-12-6-4-3-5-7-12)13(8-9-18)15(14)20-16/h3-7,13-15,18H,8-11H2,1-2H3/t13-,14+,15-/m0/s1. The van der Waals surface area contributed by atoms with Crippen LogP contribution in [0.5, 0.6) is 0 Å². The van der Waals surface area contributed by atoms with Gasteiger partial charge in [0.1, 0.15) is 12.2 Å². The molecule has 0 saturated carbocycles. The van der Waals surface area contributed by atoms with Crippen LogP contribution in [0.25, 0.3) is 0 Å². The Hall–Kier alpha value is -0.940. The van der Waals surface area contributed by atoms with Crippen molar-refractivity contribution in [3.05, 3.63) is 35.9 Å². The second-order valence-corrected chi connectivity index (χ2v) is 6.13. The van der Waals surface area contributed by atoms with Gasteiger partial charge in [-0.05, 0) is 25.8 Å². The van der Waals surface area contributed by atoms with Crippen LogP contribution in [-0.4, -0.2) is 47.2 Å². The number of nitrogens with zero attached hydrogens (tertiary/aromatic N) is 1. The first-order valence-electron chi connectivity index (χ1n) is 7.33. The van der Waals surface area contributed by atoms with Gasteiger partial charge < -0.3 is 14.6 Å². The van der Waals surface area contributed by atoms with Crippen molar-refractivity contribution in [2.24, 2.45) is 0 Å². The molecule has 2 aliphatic rings. The van der Waals surface area contributed by atoms with Crippen molar-refractivity contribution < 1.29 is 14.6 Å². The van der Waals surface area contributed by atoms with Crippen molar-refractivity contribution >= 4 is 0 Å². The van der Waals surface area contributed by atoms with Crippen LogP contribution in [0.2, 0.25) is 0 Å². The molecule has 3 rings (SSSR count). The van der Waals surface area contributed by atoms with Gasteiger partial charge >= 0.3 is 0 Å². The lowest BCUT2D eigenvalue weighted by Crippen LogP contribution is -2.38. The summed E-state index contributed by atoms with van der Waals surface area (Å²) in [4.78, 5) is 2.37. The highest BCUT2D eigenvalue weighted by Gasteiger charge is 2.51. The highest BCUT2D eigenvalue weighted by Crippen LogP contribution is 2.38. The molecule has 2 fully saturated rings. The van der Waals surface area contributed by atoms with Gasteiger partial charge in [0, 0.05) is 25.7 Å². The van der Waals surface area contributed by atoms with Crippen molar-refractivity contribution in [1.82, 2.24) is 4.90 Å². The summed E-state index contributed by atoms with van der Waals surface area (Å²) in [7, 11) is 0. The molecular formula is C16H23NO3. The molecule has 4 nitrogen and oxygen atoms in total. The topological polar surface area (TPSA) is 41.9 Å². The molecule has 3 atom stereocenters. The molecular weight excluding hydrogens is 254 g/mol. The van der Waals surface area contributed by atoms with Crippen LogP contribution in [0.15, 0.2) is 30.3 Å². The molecule has 0 radical (unpaired) electrons. The Labute approximate surface area is 120 Å². The van der Waals surface area contributed by atoms with E-state index in [0.29, 0.717) is 0 Å². The summed E-state index contributed by atoms with van der Waals surface area (Å²) in [5, 5.41) is 9.34. The lowest BCUT2D eigenvalue weighted by atomic mass is 10.1. The minimum Gasteiger partial charge on any atom is -0.396 e. The zero-order valence-corrected chi connectivity index (χ0v) is 12.2. The maximum absolute atomic E-state index is 9.34. The first kappa shape index (κ1) is 14.0. The largest absolute Gasteiger partial charge is 0.396 e. The van der Waals surface area contributed by atoms with E-state index in [2.05, 4.69) is 29.2 Å². The van der Waals surface area contributed by atoms with E-state index in [1.165, 1.54) is 5.56 Å². The highest BCUT2D eigenvalue weighted by atomic mass is 16.8. The summed E-state index contributed by atoms with van der Waals surface area (Å²) in [6, 6.07) is 10.6. The van der Waals surface area contributed by atoms with Gasteiger partial charge in [-0.25, -0.2) is 0 Å². The van der Waals surface area contributed by atoms with Crippen LogP contribution in [0, 0.1) is 0 Å². The fourth-order valence-corrected chi connectivity index (χ4v) is 3.38. The maximum Gasteiger partial charge on any atom is 0.163 e. The smallest absolute Gasteiger partial charge is 0.163 e. The van der Waals surface area contributed by atoms with Crippen LogP contribution in [-0.2, 0) is 16.0 Å². The van der Waals surface area contributed by atoms with Crippen LogP contribution in [0.1, 0.15) is 25.8 Å². The fraction of sp³-hybridized carbons (Fsp3) is 0.625. The third-order valence-corrected chi connectivity index (χ3v) is 4.14. The van der Waals surface area contributed by atoms with E-state index >= 15 is 0 Å². The first-order chi connectivity index (χ1) is 9.59. The summed E-state index contributed by atoms with van der Waals surface area (Å²) in [6.07, 6.45) is 0.916. The Kier molecular flexibility index (Phi) is 3.82. The number of rotatable bonds is 4. The van der Waals surface area contributed by atoms with Gasteiger partial charge in [-0.1, -0.05) is 30.3 Å². The Bertz CT molecular complexity index is 448. The molecule has 1 aromatic carbocycles. The zero-order chi connectivity index (χ0) is 14.2. The maximum atomic E-state index is 9.34. The van der Waals surface area contributed by atoms with E-state index in [1.54, 1.807) is 0 Å². The van der Waals surface area contributed by atoms with Gasteiger partial charge in [0.05, 0.1) is 0 Å². The average Bonchev–Trinajstić information content (AvgIpc) is 2.85. The molecule has 1 N–H and O–H groups in total. The lowest BCUT2D eigenvalue weighted by Gasteiger charge is -2.29. The number of ether oxygens (including phenoxy) is 2. The van der Waals surface area contributed by atoms with E-state index < -0.39 is 5.79 Å². The first-order valence-corrected chi connectivity index (χ1v) is 7.33. The van der Waals surface area contributed by atoms with Gasteiger partial charge in [0.15, 0.2) is 5.79 Å². The Morgan fingerprint density at radius 1 is 1.25 bits per heavy atom. The molecule has 4 heteroatoms. The number of likely N-dealkylation sites (tertiary alicyclic amines) is 1. The van der Waals surface area contributed by atoms with E-state index in [4.69, 9.17) is 9.47 Å². The van der Waals surface area contributed by atoms with Gasteiger partial charge in [-0.15, -0.1) is 0 Å². The Morgan fingerprint density at radius 2 is 2.00 bits per heavy atom. The third kappa shape index (κ3) is 2.74. The molecule has 20 heavy (non-hydrogen) atoms. The lowest BCUT2D eigenvalue weighted by molar-refractivity contribution is -0.162. The molecule has 0 amide bonds.